The summed E-state index contributed by atoms with van der Waals surface area (Å²) < 4.78 is 10.7. The Bertz CT molecular complexity index is 829. The van der Waals surface area contributed by atoms with Gasteiger partial charge in [0.05, 0.1) is 0 Å². The van der Waals surface area contributed by atoms with Gasteiger partial charge in [-0.05, 0) is 56.7 Å². The summed E-state index contributed by atoms with van der Waals surface area (Å²) in [5, 5.41) is 2.99. The highest BCUT2D eigenvalue weighted by atomic mass is 16.7. The first-order chi connectivity index (χ1) is 15.3. The molecule has 1 aromatic carbocycles. The number of ether oxygens (including phenoxy) is 2. The summed E-state index contributed by atoms with van der Waals surface area (Å²) in [5.74, 6) is 1.21. The molecule has 1 unspecified atom stereocenters. The van der Waals surface area contributed by atoms with Crippen LogP contribution in [0.2, 0.25) is 0 Å². The maximum Gasteiger partial charge on any atom is 0.252 e. The molecule has 2 aliphatic heterocycles. The van der Waals surface area contributed by atoms with Crippen molar-refractivity contribution in [3.63, 3.8) is 0 Å². The summed E-state index contributed by atoms with van der Waals surface area (Å²) in [6.45, 7) is 10.5. The molecular weight excluding hydrogens is 410 g/mol. The summed E-state index contributed by atoms with van der Waals surface area (Å²) in [7, 11) is 0. The quantitative estimate of drug-likeness (QED) is 0.665. The molecule has 1 saturated heterocycles. The van der Waals surface area contributed by atoms with Crippen LogP contribution >= 0.6 is 0 Å². The average Bonchev–Trinajstić information content (AvgIpc) is 3.25. The van der Waals surface area contributed by atoms with E-state index in [0.717, 1.165) is 0 Å². The number of nitrogens with zero attached hydrogens (tertiary/aromatic N) is 2. The molecule has 0 bridgehead atoms. The highest BCUT2D eigenvalue weighted by molar-refractivity contribution is 5.98. The third-order valence-electron chi connectivity index (χ3n) is 6.21. The lowest BCUT2D eigenvalue weighted by Crippen LogP contribution is -2.54. The number of benzene rings is 1. The fourth-order valence-corrected chi connectivity index (χ4v) is 4.34. The van der Waals surface area contributed by atoms with Crippen molar-refractivity contribution in [2.24, 2.45) is 11.8 Å². The summed E-state index contributed by atoms with van der Waals surface area (Å²) in [5.41, 5.74) is 0.427. The fourth-order valence-electron chi connectivity index (χ4n) is 4.34. The smallest absolute Gasteiger partial charge is 0.252 e. The van der Waals surface area contributed by atoms with E-state index in [0.29, 0.717) is 68.4 Å². The summed E-state index contributed by atoms with van der Waals surface area (Å²) in [4.78, 5) is 42.4. The number of likely N-dealkylation sites (N-methyl/N-ethyl adjacent to an activating group) is 1. The van der Waals surface area contributed by atoms with E-state index in [1.165, 1.54) is 0 Å². The SMILES string of the molecule is CCN(CC)C(=O)C(NC(=O)c1ccc2c(c1)OCO2)C1CCN(C(=O)CC(C)C)CC1. The second-order valence-corrected chi connectivity index (χ2v) is 8.85. The topological polar surface area (TPSA) is 88.2 Å². The van der Waals surface area contributed by atoms with Crippen LogP contribution < -0.4 is 14.8 Å². The average molecular weight is 446 g/mol. The zero-order chi connectivity index (χ0) is 23.3. The van der Waals surface area contributed by atoms with Crippen molar-refractivity contribution in [2.45, 2.75) is 53.0 Å². The van der Waals surface area contributed by atoms with E-state index in [1.807, 2.05) is 32.6 Å². The number of piperidine rings is 1. The van der Waals surface area contributed by atoms with Gasteiger partial charge >= 0.3 is 0 Å². The van der Waals surface area contributed by atoms with Gasteiger partial charge in [0.1, 0.15) is 6.04 Å². The van der Waals surface area contributed by atoms with Gasteiger partial charge in [-0.2, -0.15) is 0 Å². The number of amides is 3. The molecule has 0 saturated carbocycles. The number of carbonyl (C=O) groups excluding carboxylic acids is 3. The van der Waals surface area contributed by atoms with Crippen LogP contribution in [0.3, 0.4) is 0 Å². The minimum Gasteiger partial charge on any atom is -0.454 e. The highest BCUT2D eigenvalue weighted by Crippen LogP contribution is 2.32. The molecule has 176 valence electrons. The third-order valence-corrected chi connectivity index (χ3v) is 6.21. The maximum atomic E-state index is 13.3. The monoisotopic (exact) mass is 445 g/mol. The molecule has 3 rings (SSSR count). The van der Waals surface area contributed by atoms with Crippen molar-refractivity contribution in [1.82, 2.24) is 15.1 Å². The Morgan fingerprint density at radius 3 is 2.38 bits per heavy atom. The van der Waals surface area contributed by atoms with E-state index < -0.39 is 6.04 Å². The van der Waals surface area contributed by atoms with Gasteiger partial charge in [0, 0.05) is 38.2 Å². The summed E-state index contributed by atoms with van der Waals surface area (Å²) in [6.07, 6.45) is 1.90. The molecule has 32 heavy (non-hydrogen) atoms. The molecule has 0 spiro atoms. The lowest BCUT2D eigenvalue weighted by molar-refractivity contribution is -0.136. The van der Waals surface area contributed by atoms with E-state index in [9.17, 15) is 14.4 Å². The van der Waals surface area contributed by atoms with E-state index in [4.69, 9.17) is 9.47 Å². The zero-order valence-electron chi connectivity index (χ0n) is 19.6. The third kappa shape index (κ3) is 5.53. The number of fused-ring (bicyclic) bond motifs is 1. The predicted octanol–water partition coefficient (Wildman–Crippen LogP) is 2.67. The molecule has 8 nitrogen and oxygen atoms in total. The van der Waals surface area contributed by atoms with Crippen LogP contribution in [0.25, 0.3) is 0 Å². The van der Waals surface area contributed by atoms with Crippen LogP contribution in [-0.2, 0) is 9.59 Å². The molecule has 1 atom stereocenters. The standard InChI is InChI=1S/C24H35N3O5/c1-5-26(6-2)24(30)22(17-9-11-27(12-10-17)21(28)13-16(3)4)25-23(29)18-7-8-19-20(14-18)32-15-31-19/h7-8,14,16-17,22H,5-6,9-13,15H2,1-4H3,(H,25,29). The molecule has 3 amide bonds. The minimum atomic E-state index is -0.629. The summed E-state index contributed by atoms with van der Waals surface area (Å²) in [6, 6.07) is 4.39. The normalized spacial score (nSPS) is 16.7. The van der Waals surface area contributed by atoms with Crippen LogP contribution in [0.1, 0.15) is 57.3 Å². The Balaban J connectivity index is 1.72. The van der Waals surface area contributed by atoms with Crippen LogP contribution in [-0.4, -0.2) is 66.5 Å². The first-order valence-corrected chi connectivity index (χ1v) is 11.6. The molecule has 2 heterocycles. The number of carbonyl (C=O) groups is 3. The molecule has 0 aromatic heterocycles. The van der Waals surface area contributed by atoms with Crippen molar-refractivity contribution in [3.05, 3.63) is 23.8 Å². The van der Waals surface area contributed by atoms with Crippen LogP contribution in [0.4, 0.5) is 0 Å². The number of hydrogen-bond acceptors (Lipinski definition) is 5. The fraction of sp³-hybridized carbons (Fsp3) is 0.625. The molecular formula is C24H35N3O5. The van der Waals surface area contributed by atoms with Gasteiger partial charge in [0.15, 0.2) is 11.5 Å². The molecule has 2 aliphatic rings. The van der Waals surface area contributed by atoms with E-state index in [-0.39, 0.29) is 30.4 Å². The van der Waals surface area contributed by atoms with Crippen LogP contribution in [0.5, 0.6) is 11.5 Å². The zero-order valence-corrected chi connectivity index (χ0v) is 19.6. The van der Waals surface area contributed by atoms with Crippen molar-refractivity contribution >= 4 is 17.7 Å². The number of nitrogens with one attached hydrogen (secondary N) is 1. The lowest BCUT2D eigenvalue weighted by Gasteiger charge is -2.37. The Morgan fingerprint density at radius 1 is 1.09 bits per heavy atom. The first kappa shape index (κ1) is 23.9. The van der Waals surface area contributed by atoms with Gasteiger partial charge in [0.25, 0.3) is 5.91 Å². The van der Waals surface area contributed by atoms with Gasteiger partial charge < -0.3 is 24.6 Å². The van der Waals surface area contributed by atoms with Gasteiger partial charge in [-0.25, -0.2) is 0 Å². The number of likely N-dealkylation sites (tertiary alicyclic amines) is 1. The molecule has 1 fully saturated rings. The maximum absolute atomic E-state index is 13.3. The Kier molecular flexibility index (Phi) is 7.99. The van der Waals surface area contributed by atoms with E-state index >= 15 is 0 Å². The Hall–Kier alpha value is -2.77. The molecule has 8 heteroatoms. The molecule has 0 radical (unpaired) electrons. The van der Waals surface area contributed by atoms with Gasteiger partial charge in [0.2, 0.25) is 18.6 Å². The van der Waals surface area contributed by atoms with E-state index in [2.05, 4.69) is 5.32 Å². The molecule has 1 aromatic rings. The molecule has 1 N–H and O–H groups in total. The van der Waals surface area contributed by atoms with Crippen LogP contribution in [0.15, 0.2) is 18.2 Å². The van der Waals surface area contributed by atoms with Gasteiger partial charge in [-0.15, -0.1) is 0 Å². The predicted molar refractivity (Wildman–Crippen MR) is 121 cm³/mol. The van der Waals surface area contributed by atoms with Gasteiger partial charge in [-0.1, -0.05) is 13.8 Å². The van der Waals surface area contributed by atoms with E-state index in [1.54, 1.807) is 23.1 Å². The van der Waals surface area contributed by atoms with Gasteiger partial charge in [-0.3, -0.25) is 14.4 Å². The minimum absolute atomic E-state index is 0.0239. The van der Waals surface area contributed by atoms with Crippen LogP contribution in [0, 0.1) is 11.8 Å². The summed E-state index contributed by atoms with van der Waals surface area (Å²) >= 11 is 0. The number of rotatable bonds is 8. The number of hydrogen-bond donors (Lipinski definition) is 1. The Labute approximate surface area is 190 Å². The molecule has 0 aliphatic carbocycles. The first-order valence-electron chi connectivity index (χ1n) is 11.6. The van der Waals surface area contributed by atoms with Crippen molar-refractivity contribution in [1.29, 1.82) is 0 Å². The van der Waals surface area contributed by atoms with Crippen molar-refractivity contribution < 1.29 is 23.9 Å². The largest absolute Gasteiger partial charge is 0.454 e. The lowest BCUT2D eigenvalue weighted by atomic mass is 9.87. The van der Waals surface area contributed by atoms with Crippen molar-refractivity contribution in [2.75, 3.05) is 33.0 Å². The second kappa shape index (κ2) is 10.7. The van der Waals surface area contributed by atoms with Crippen molar-refractivity contribution in [3.8, 4) is 11.5 Å². The Morgan fingerprint density at radius 2 is 1.75 bits per heavy atom. The second-order valence-electron chi connectivity index (χ2n) is 8.85. The highest BCUT2D eigenvalue weighted by Gasteiger charge is 2.35.